The zero-order chi connectivity index (χ0) is 12.0. The fourth-order valence-electron chi connectivity index (χ4n) is 2.89. The van der Waals surface area contributed by atoms with E-state index < -0.39 is 0 Å². The molecule has 2 aromatic rings. The van der Waals surface area contributed by atoms with Crippen molar-refractivity contribution in [3.05, 3.63) is 36.2 Å². The first-order valence-corrected chi connectivity index (χ1v) is 6.06. The van der Waals surface area contributed by atoms with Gasteiger partial charge >= 0.3 is 0 Å². The van der Waals surface area contributed by atoms with Crippen molar-refractivity contribution in [1.82, 2.24) is 9.97 Å². The molecule has 1 aromatic carbocycles. The first-order valence-electron chi connectivity index (χ1n) is 6.06. The number of para-hydroxylation sites is 2. The van der Waals surface area contributed by atoms with Crippen LogP contribution in [0, 0.1) is 11.3 Å². The Kier molecular flexibility index (Phi) is 2.20. The number of rotatable bonds is 2. The second-order valence-corrected chi connectivity index (χ2v) is 5.42. The molecule has 1 saturated carbocycles. The SMILES string of the molecule is CC1(C)[C@H](CN)[C@H]1c1cnc2ccccc2n1. The van der Waals surface area contributed by atoms with Crippen LogP contribution in [0.1, 0.15) is 25.5 Å². The van der Waals surface area contributed by atoms with Crippen LogP contribution >= 0.6 is 0 Å². The van der Waals surface area contributed by atoms with Gasteiger partial charge in [-0.2, -0.15) is 0 Å². The van der Waals surface area contributed by atoms with Crippen molar-refractivity contribution in [3.8, 4) is 0 Å². The number of aromatic nitrogens is 2. The van der Waals surface area contributed by atoms with E-state index in [0.29, 0.717) is 11.8 Å². The molecule has 1 aliphatic carbocycles. The normalized spacial score (nSPS) is 26.1. The number of hydrogen-bond acceptors (Lipinski definition) is 3. The van der Waals surface area contributed by atoms with E-state index in [0.717, 1.165) is 23.3 Å². The summed E-state index contributed by atoms with van der Waals surface area (Å²) in [5, 5.41) is 0. The van der Waals surface area contributed by atoms with E-state index in [2.05, 4.69) is 18.8 Å². The lowest BCUT2D eigenvalue weighted by atomic mass is 10.1. The molecule has 2 atom stereocenters. The van der Waals surface area contributed by atoms with Gasteiger partial charge in [0.15, 0.2) is 0 Å². The molecule has 17 heavy (non-hydrogen) atoms. The number of benzene rings is 1. The van der Waals surface area contributed by atoms with Crippen molar-refractivity contribution in [2.45, 2.75) is 19.8 Å². The van der Waals surface area contributed by atoms with Crippen molar-refractivity contribution >= 4 is 11.0 Å². The largest absolute Gasteiger partial charge is 0.330 e. The first kappa shape index (κ1) is 10.7. The third kappa shape index (κ3) is 1.53. The Morgan fingerprint density at radius 2 is 1.94 bits per heavy atom. The highest BCUT2D eigenvalue weighted by Gasteiger charge is 2.58. The Balaban J connectivity index is 2.03. The van der Waals surface area contributed by atoms with Crippen molar-refractivity contribution in [3.63, 3.8) is 0 Å². The highest BCUT2D eigenvalue weighted by Crippen LogP contribution is 2.63. The van der Waals surface area contributed by atoms with Crippen molar-refractivity contribution in [2.75, 3.05) is 6.54 Å². The van der Waals surface area contributed by atoms with Gasteiger partial charge in [0.25, 0.3) is 0 Å². The highest BCUT2D eigenvalue weighted by atomic mass is 14.8. The molecule has 0 saturated heterocycles. The van der Waals surface area contributed by atoms with Gasteiger partial charge in [-0.05, 0) is 30.0 Å². The summed E-state index contributed by atoms with van der Waals surface area (Å²) in [4.78, 5) is 9.19. The minimum absolute atomic E-state index is 0.270. The van der Waals surface area contributed by atoms with Gasteiger partial charge in [0, 0.05) is 12.1 Å². The minimum Gasteiger partial charge on any atom is -0.330 e. The van der Waals surface area contributed by atoms with E-state index in [1.807, 2.05) is 30.5 Å². The Hall–Kier alpha value is -1.48. The summed E-state index contributed by atoms with van der Waals surface area (Å²) in [6, 6.07) is 7.99. The summed E-state index contributed by atoms with van der Waals surface area (Å²) in [5.41, 5.74) is 9.09. The Morgan fingerprint density at radius 3 is 2.59 bits per heavy atom. The number of hydrogen-bond donors (Lipinski definition) is 1. The van der Waals surface area contributed by atoms with Crippen LogP contribution in [0.4, 0.5) is 0 Å². The highest BCUT2D eigenvalue weighted by molar-refractivity contribution is 5.73. The van der Waals surface area contributed by atoms with Crippen LogP contribution in [0.3, 0.4) is 0 Å². The second-order valence-electron chi connectivity index (χ2n) is 5.42. The summed E-state index contributed by atoms with van der Waals surface area (Å²) >= 11 is 0. The summed E-state index contributed by atoms with van der Waals surface area (Å²) in [6.07, 6.45) is 1.91. The lowest BCUT2D eigenvalue weighted by Crippen LogP contribution is -2.05. The van der Waals surface area contributed by atoms with Crippen LogP contribution in [0.25, 0.3) is 11.0 Å². The Labute approximate surface area is 101 Å². The molecule has 3 heteroatoms. The van der Waals surface area contributed by atoms with E-state index >= 15 is 0 Å². The molecule has 1 heterocycles. The molecular formula is C14H17N3. The van der Waals surface area contributed by atoms with Gasteiger partial charge in [-0.15, -0.1) is 0 Å². The maximum Gasteiger partial charge on any atom is 0.0890 e. The molecule has 0 amide bonds. The molecule has 1 aromatic heterocycles. The smallest absolute Gasteiger partial charge is 0.0890 e. The van der Waals surface area contributed by atoms with Gasteiger partial charge in [0.05, 0.1) is 16.7 Å². The van der Waals surface area contributed by atoms with Crippen molar-refractivity contribution in [1.29, 1.82) is 0 Å². The van der Waals surface area contributed by atoms with Crippen molar-refractivity contribution < 1.29 is 0 Å². The molecule has 1 aliphatic rings. The van der Waals surface area contributed by atoms with Crippen LogP contribution in [0.15, 0.2) is 30.5 Å². The summed E-state index contributed by atoms with van der Waals surface area (Å²) in [7, 11) is 0. The number of fused-ring (bicyclic) bond motifs is 1. The van der Waals surface area contributed by atoms with Gasteiger partial charge in [-0.1, -0.05) is 26.0 Å². The predicted molar refractivity (Wildman–Crippen MR) is 68.6 cm³/mol. The minimum atomic E-state index is 0.270. The van der Waals surface area contributed by atoms with Gasteiger partial charge < -0.3 is 5.73 Å². The van der Waals surface area contributed by atoms with Gasteiger partial charge in [-0.3, -0.25) is 4.98 Å². The zero-order valence-electron chi connectivity index (χ0n) is 10.2. The molecule has 1 fully saturated rings. The van der Waals surface area contributed by atoms with E-state index in [9.17, 15) is 0 Å². The predicted octanol–water partition coefficient (Wildman–Crippen LogP) is 2.33. The maximum absolute atomic E-state index is 5.80. The molecule has 3 nitrogen and oxygen atoms in total. The molecule has 3 rings (SSSR count). The molecular weight excluding hydrogens is 210 g/mol. The maximum atomic E-state index is 5.80. The third-order valence-electron chi connectivity index (χ3n) is 4.09. The quantitative estimate of drug-likeness (QED) is 0.856. The van der Waals surface area contributed by atoms with E-state index in [-0.39, 0.29) is 5.41 Å². The number of nitrogens with two attached hydrogens (primary N) is 1. The molecule has 0 bridgehead atoms. The molecule has 0 unspecified atom stereocenters. The number of nitrogens with zero attached hydrogens (tertiary/aromatic N) is 2. The third-order valence-corrected chi connectivity index (χ3v) is 4.09. The lowest BCUT2D eigenvalue weighted by molar-refractivity contribution is 0.557. The lowest BCUT2D eigenvalue weighted by Gasteiger charge is -2.03. The monoisotopic (exact) mass is 227 g/mol. The van der Waals surface area contributed by atoms with E-state index in [4.69, 9.17) is 10.7 Å². The Bertz CT molecular complexity index is 562. The standard InChI is InChI=1S/C14H17N3/c1-14(2)9(7-15)13(14)12-8-16-10-5-3-4-6-11(10)17-12/h3-6,8-9,13H,7,15H2,1-2H3/t9-,13+/m1/s1. The molecule has 0 radical (unpaired) electrons. The van der Waals surface area contributed by atoms with Crippen LogP contribution in [0.2, 0.25) is 0 Å². The summed E-state index contributed by atoms with van der Waals surface area (Å²) in [5.74, 6) is 1.00. The topological polar surface area (TPSA) is 51.8 Å². The molecule has 0 spiro atoms. The average molecular weight is 227 g/mol. The first-order chi connectivity index (χ1) is 8.14. The van der Waals surface area contributed by atoms with Gasteiger partial charge in [0.2, 0.25) is 0 Å². The van der Waals surface area contributed by atoms with Crippen molar-refractivity contribution in [2.24, 2.45) is 17.1 Å². The van der Waals surface area contributed by atoms with Gasteiger partial charge in [-0.25, -0.2) is 4.98 Å². The second kappa shape index (κ2) is 3.50. The molecule has 2 N–H and O–H groups in total. The Morgan fingerprint density at radius 1 is 1.24 bits per heavy atom. The fraction of sp³-hybridized carbons (Fsp3) is 0.429. The summed E-state index contributed by atoms with van der Waals surface area (Å²) in [6.45, 7) is 5.24. The zero-order valence-corrected chi connectivity index (χ0v) is 10.2. The summed E-state index contributed by atoms with van der Waals surface area (Å²) < 4.78 is 0. The molecule has 88 valence electrons. The van der Waals surface area contributed by atoms with Crippen LogP contribution < -0.4 is 5.73 Å². The van der Waals surface area contributed by atoms with Gasteiger partial charge in [0.1, 0.15) is 0 Å². The van der Waals surface area contributed by atoms with Crippen LogP contribution in [-0.4, -0.2) is 16.5 Å². The molecule has 0 aliphatic heterocycles. The average Bonchev–Trinajstić information content (AvgIpc) is 2.90. The van der Waals surface area contributed by atoms with E-state index in [1.165, 1.54) is 0 Å². The fourth-order valence-corrected chi connectivity index (χ4v) is 2.89. The van der Waals surface area contributed by atoms with Crippen LogP contribution in [-0.2, 0) is 0 Å². The van der Waals surface area contributed by atoms with E-state index in [1.54, 1.807) is 0 Å². The van der Waals surface area contributed by atoms with Crippen LogP contribution in [0.5, 0.6) is 0 Å².